The van der Waals surface area contributed by atoms with Crippen LogP contribution in [0, 0.1) is 5.92 Å². The van der Waals surface area contributed by atoms with Gasteiger partial charge in [0.15, 0.2) is 0 Å². The van der Waals surface area contributed by atoms with Crippen molar-refractivity contribution >= 4 is 5.97 Å². The first-order chi connectivity index (χ1) is 5.99. The van der Waals surface area contributed by atoms with E-state index in [0.29, 0.717) is 0 Å². The Labute approximate surface area is 81.7 Å². The fourth-order valence-electron chi connectivity index (χ4n) is 0.671. The molecule has 0 aromatic rings. The van der Waals surface area contributed by atoms with Crippen LogP contribution < -0.4 is 0 Å². The van der Waals surface area contributed by atoms with Gasteiger partial charge in [0.05, 0.1) is 5.92 Å². The molecule has 1 N–H and O–H groups in total. The lowest BCUT2D eigenvalue weighted by Crippen LogP contribution is -2.21. The molecule has 0 aliphatic heterocycles. The summed E-state index contributed by atoms with van der Waals surface area (Å²) in [5.41, 5.74) is 0. The van der Waals surface area contributed by atoms with Gasteiger partial charge in [-0.3, -0.25) is 4.79 Å². The summed E-state index contributed by atoms with van der Waals surface area (Å²) in [4.78, 5) is 12.1. The minimum Gasteiger partial charge on any atom is -0.481 e. The molecular formula is C10H23NO2. The third kappa shape index (κ3) is 11.4. The molecule has 0 amide bonds. The van der Waals surface area contributed by atoms with Crippen molar-refractivity contribution in [2.45, 2.75) is 34.6 Å². The molecule has 0 fully saturated rings. The number of aliphatic carboxylic acids is 1. The molecule has 0 rings (SSSR count). The number of hydrogen-bond acceptors (Lipinski definition) is 2. The quantitative estimate of drug-likeness (QED) is 0.736. The number of carboxylic acids is 1. The summed E-state index contributed by atoms with van der Waals surface area (Å²) >= 11 is 0. The van der Waals surface area contributed by atoms with Gasteiger partial charge in [-0.25, -0.2) is 0 Å². The first-order valence-corrected chi connectivity index (χ1v) is 4.94. The van der Waals surface area contributed by atoms with Crippen molar-refractivity contribution in [3.05, 3.63) is 0 Å². The summed E-state index contributed by atoms with van der Waals surface area (Å²) in [7, 11) is 0. The minimum absolute atomic E-state index is 0.231. The van der Waals surface area contributed by atoms with Crippen LogP contribution >= 0.6 is 0 Å². The van der Waals surface area contributed by atoms with Gasteiger partial charge in [0.2, 0.25) is 0 Å². The van der Waals surface area contributed by atoms with Gasteiger partial charge in [0, 0.05) is 0 Å². The zero-order valence-corrected chi connectivity index (χ0v) is 9.50. The molecule has 0 aliphatic carbocycles. The molecule has 0 aromatic carbocycles. The van der Waals surface area contributed by atoms with E-state index in [2.05, 4.69) is 25.7 Å². The Morgan fingerprint density at radius 2 is 1.38 bits per heavy atom. The molecule has 0 bridgehead atoms. The Kier molecular flexibility index (Phi) is 10.9. The van der Waals surface area contributed by atoms with E-state index < -0.39 is 5.97 Å². The summed E-state index contributed by atoms with van der Waals surface area (Å²) in [6.07, 6.45) is 0. The number of carbonyl (C=O) groups is 1. The minimum atomic E-state index is -0.741. The Morgan fingerprint density at radius 1 is 1.15 bits per heavy atom. The van der Waals surface area contributed by atoms with Crippen LogP contribution in [0.3, 0.4) is 0 Å². The zero-order chi connectivity index (χ0) is 10.9. The first kappa shape index (κ1) is 14.9. The summed E-state index contributed by atoms with van der Waals surface area (Å²) in [5, 5.41) is 7.99. The van der Waals surface area contributed by atoms with Crippen LogP contribution in [0.2, 0.25) is 0 Å². The van der Waals surface area contributed by atoms with Crippen LogP contribution in [-0.4, -0.2) is 35.6 Å². The van der Waals surface area contributed by atoms with E-state index in [0.717, 1.165) is 0 Å². The second kappa shape index (κ2) is 9.52. The van der Waals surface area contributed by atoms with Crippen LogP contribution in [0.5, 0.6) is 0 Å². The number of rotatable bonds is 4. The molecule has 0 atom stereocenters. The predicted octanol–water partition coefficient (Wildman–Crippen LogP) is 2.08. The first-order valence-electron chi connectivity index (χ1n) is 4.94. The molecule has 0 aliphatic rings. The Bertz CT molecular complexity index is 115. The van der Waals surface area contributed by atoms with Crippen molar-refractivity contribution in [3.63, 3.8) is 0 Å². The third-order valence-electron chi connectivity index (χ3n) is 1.84. The van der Waals surface area contributed by atoms with Crippen LogP contribution in [0.25, 0.3) is 0 Å². The Balaban J connectivity index is 0. The molecule has 0 radical (unpaired) electrons. The van der Waals surface area contributed by atoms with Crippen molar-refractivity contribution in [1.29, 1.82) is 0 Å². The topological polar surface area (TPSA) is 40.5 Å². The average Bonchev–Trinajstić information content (AvgIpc) is 2.08. The molecule has 0 aromatic heterocycles. The molecule has 80 valence electrons. The summed E-state index contributed by atoms with van der Waals surface area (Å²) in [5.74, 6) is -0.972. The summed E-state index contributed by atoms with van der Waals surface area (Å²) in [6.45, 7) is 13.4. The second-order valence-corrected chi connectivity index (χ2v) is 3.11. The van der Waals surface area contributed by atoms with E-state index >= 15 is 0 Å². The van der Waals surface area contributed by atoms with E-state index in [1.54, 1.807) is 13.8 Å². The van der Waals surface area contributed by atoms with Gasteiger partial charge < -0.3 is 10.0 Å². The fraction of sp³-hybridized carbons (Fsp3) is 0.900. The van der Waals surface area contributed by atoms with Gasteiger partial charge in [0.1, 0.15) is 0 Å². The van der Waals surface area contributed by atoms with Crippen LogP contribution in [-0.2, 0) is 4.79 Å². The lowest BCUT2D eigenvalue weighted by molar-refractivity contribution is -0.140. The van der Waals surface area contributed by atoms with Crippen LogP contribution in [0.1, 0.15) is 34.6 Å². The van der Waals surface area contributed by atoms with E-state index in [4.69, 9.17) is 5.11 Å². The van der Waals surface area contributed by atoms with Crippen molar-refractivity contribution in [3.8, 4) is 0 Å². The van der Waals surface area contributed by atoms with Gasteiger partial charge in [-0.05, 0) is 19.6 Å². The maximum Gasteiger partial charge on any atom is 0.305 e. The second-order valence-electron chi connectivity index (χ2n) is 3.11. The van der Waals surface area contributed by atoms with Crippen molar-refractivity contribution in [2.24, 2.45) is 5.92 Å². The molecule has 3 nitrogen and oxygen atoms in total. The van der Waals surface area contributed by atoms with E-state index in [9.17, 15) is 4.79 Å². The number of nitrogens with zero attached hydrogens (tertiary/aromatic N) is 1. The number of carboxylic acid groups (broad SMARTS) is 1. The molecule has 0 heterocycles. The highest BCUT2D eigenvalue weighted by Gasteiger charge is 1.99. The third-order valence-corrected chi connectivity index (χ3v) is 1.84. The molecule has 13 heavy (non-hydrogen) atoms. The van der Waals surface area contributed by atoms with Gasteiger partial charge >= 0.3 is 5.97 Å². The van der Waals surface area contributed by atoms with E-state index in [1.807, 2.05) is 0 Å². The molecule has 0 spiro atoms. The van der Waals surface area contributed by atoms with Gasteiger partial charge in [-0.2, -0.15) is 0 Å². The molecule has 0 unspecified atom stereocenters. The van der Waals surface area contributed by atoms with Crippen LogP contribution in [0.15, 0.2) is 0 Å². The fourth-order valence-corrected chi connectivity index (χ4v) is 0.671. The smallest absolute Gasteiger partial charge is 0.305 e. The van der Waals surface area contributed by atoms with Crippen molar-refractivity contribution in [2.75, 3.05) is 19.6 Å². The predicted molar refractivity (Wildman–Crippen MR) is 55.9 cm³/mol. The largest absolute Gasteiger partial charge is 0.481 e. The number of hydrogen-bond donors (Lipinski definition) is 1. The average molecular weight is 189 g/mol. The van der Waals surface area contributed by atoms with E-state index in [-0.39, 0.29) is 5.92 Å². The Morgan fingerprint density at radius 3 is 1.38 bits per heavy atom. The van der Waals surface area contributed by atoms with Crippen molar-refractivity contribution < 1.29 is 9.90 Å². The lowest BCUT2D eigenvalue weighted by Gasteiger charge is -2.13. The molecule has 0 saturated carbocycles. The zero-order valence-electron chi connectivity index (χ0n) is 9.50. The summed E-state index contributed by atoms with van der Waals surface area (Å²) in [6, 6.07) is 0. The van der Waals surface area contributed by atoms with E-state index in [1.165, 1.54) is 19.6 Å². The van der Waals surface area contributed by atoms with Gasteiger partial charge in [-0.15, -0.1) is 0 Å². The lowest BCUT2D eigenvalue weighted by atomic mass is 10.2. The van der Waals surface area contributed by atoms with Crippen LogP contribution in [0.4, 0.5) is 0 Å². The summed E-state index contributed by atoms with van der Waals surface area (Å²) < 4.78 is 0. The van der Waals surface area contributed by atoms with Crippen molar-refractivity contribution in [1.82, 2.24) is 4.90 Å². The standard InChI is InChI=1S/C6H15N.C4H8O2/c1-4-7(5-2)6-3;1-3(2)4(5)6/h4-6H2,1-3H3;3H,1-2H3,(H,5,6). The maximum absolute atomic E-state index is 9.70. The highest BCUT2D eigenvalue weighted by atomic mass is 16.4. The van der Waals surface area contributed by atoms with Gasteiger partial charge in [-0.1, -0.05) is 34.6 Å². The highest BCUT2D eigenvalue weighted by molar-refractivity contribution is 5.68. The molecular weight excluding hydrogens is 166 g/mol. The maximum atomic E-state index is 9.70. The Hall–Kier alpha value is -0.570. The monoisotopic (exact) mass is 189 g/mol. The molecule has 3 heteroatoms. The molecule has 0 saturated heterocycles. The SMILES string of the molecule is CC(C)C(=O)O.CCN(CC)CC. The highest BCUT2D eigenvalue weighted by Crippen LogP contribution is 1.87. The van der Waals surface area contributed by atoms with Gasteiger partial charge in [0.25, 0.3) is 0 Å². The normalized spacial score (nSPS) is 9.77.